The fraction of sp³-hybridized carbons (Fsp3) is 0.200. The minimum atomic E-state index is -0.551. The normalized spacial score (nSPS) is 21.6. The maximum absolute atomic E-state index is 10.2. The molecular weight excluding hydrogens is 283 g/mol. The summed E-state index contributed by atoms with van der Waals surface area (Å²) in [4.78, 5) is 0. The summed E-state index contributed by atoms with van der Waals surface area (Å²) in [7, 11) is 0. The van der Waals surface area contributed by atoms with E-state index in [4.69, 9.17) is 27.9 Å². The number of benzene rings is 2. The highest BCUT2D eigenvalue weighted by Gasteiger charge is 2.29. The van der Waals surface area contributed by atoms with E-state index in [0.29, 0.717) is 22.2 Å². The zero-order valence-electron chi connectivity index (χ0n) is 10.0. The Morgan fingerprint density at radius 3 is 2.58 bits per heavy atom. The molecule has 1 aliphatic heterocycles. The summed E-state index contributed by atoms with van der Waals surface area (Å²) in [6, 6.07) is 12.9. The molecule has 2 nitrogen and oxygen atoms in total. The van der Waals surface area contributed by atoms with Crippen LogP contribution in [0.5, 0.6) is 5.75 Å². The van der Waals surface area contributed by atoms with Gasteiger partial charge in [-0.25, -0.2) is 0 Å². The largest absolute Gasteiger partial charge is 0.485 e. The summed E-state index contributed by atoms with van der Waals surface area (Å²) >= 11 is 12.2. The minimum absolute atomic E-state index is 0.281. The van der Waals surface area contributed by atoms with Crippen LogP contribution in [0.3, 0.4) is 0 Å². The van der Waals surface area contributed by atoms with Gasteiger partial charge in [0.25, 0.3) is 0 Å². The Hall–Kier alpha value is -1.22. The van der Waals surface area contributed by atoms with Gasteiger partial charge in [0.15, 0.2) is 0 Å². The first-order chi connectivity index (χ1) is 9.16. The molecule has 0 saturated carbocycles. The lowest BCUT2D eigenvalue weighted by Gasteiger charge is -2.30. The average molecular weight is 295 g/mol. The molecular formula is C15H12Cl2O2. The van der Waals surface area contributed by atoms with E-state index in [-0.39, 0.29) is 6.10 Å². The smallest absolute Gasteiger partial charge is 0.128 e. The Bertz CT molecular complexity index is 613. The Kier molecular flexibility index (Phi) is 3.40. The molecule has 98 valence electrons. The van der Waals surface area contributed by atoms with Crippen molar-refractivity contribution < 1.29 is 9.84 Å². The molecule has 0 saturated heterocycles. The summed E-state index contributed by atoms with van der Waals surface area (Å²) in [6.07, 6.45) is -0.363. The first-order valence-electron chi connectivity index (χ1n) is 6.04. The highest BCUT2D eigenvalue weighted by Crippen LogP contribution is 2.43. The summed E-state index contributed by atoms with van der Waals surface area (Å²) in [5, 5.41) is 11.2. The van der Waals surface area contributed by atoms with Gasteiger partial charge < -0.3 is 9.84 Å². The molecule has 0 radical (unpaired) electrons. The van der Waals surface area contributed by atoms with Crippen LogP contribution in [0.2, 0.25) is 10.0 Å². The van der Waals surface area contributed by atoms with Gasteiger partial charge in [0, 0.05) is 17.5 Å². The van der Waals surface area contributed by atoms with E-state index in [1.54, 1.807) is 6.07 Å². The second-order valence-corrected chi connectivity index (χ2v) is 5.32. The van der Waals surface area contributed by atoms with Crippen LogP contribution >= 0.6 is 23.2 Å². The predicted molar refractivity (Wildman–Crippen MR) is 75.8 cm³/mol. The first-order valence-corrected chi connectivity index (χ1v) is 6.80. The fourth-order valence-corrected chi connectivity index (χ4v) is 2.78. The number of aliphatic hydroxyl groups is 1. The Morgan fingerprint density at radius 1 is 1.00 bits per heavy atom. The standard InChI is InChI=1S/C15H12Cl2O2/c16-11-6-3-5-10(15(11)17)14-8-12(18)9-4-1-2-7-13(9)19-14/h1-7,12,14,18H,8H2/t12-,14?/m0/s1. The molecule has 2 atom stereocenters. The van der Waals surface area contributed by atoms with Crippen molar-refractivity contribution in [1.82, 2.24) is 0 Å². The lowest BCUT2D eigenvalue weighted by atomic mass is 9.95. The zero-order valence-corrected chi connectivity index (χ0v) is 11.5. The molecule has 1 aliphatic rings. The van der Waals surface area contributed by atoms with Gasteiger partial charge in [0.2, 0.25) is 0 Å². The van der Waals surface area contributed by atoms with Crippen molar-refractivity contribution in [1.29, 1.82) is 0 Å². The Morgan fingerprint density at radius 2 is 1.74 bits per heavy atom. The maximum Gasteiger partial charge on any atom is 0.128 e. The summed E-state index contributed by atoms with van der Waals surface area (Å²) in [5.74, 6) is 0.697. The number of para-hydroxylation sites is 1. The second kappa shape index (κ2) is 5.04. The molecule has 1 unspecified atom stereocenters. The van der Waals surface area contributed by atoms with Crippen molar-refractivity contribution in [3.8, 4) is 5.75 Å². The number of hydrogen-bond donors (Lipinski definition) is 1. The van der Waals surface area contributed by atoms with E-state index >= 15 is 0 Å². The van der Waals surface area contributed by atoms with Gasteiger partial charge in [-0.15, -0.1) is 0 Å². The van der Waals surface area contributed by atoms with Gasteiger partial charge in [-0.2, -0.15) is 0 Å². The number of halogens is 2. The van der Waals surface area contributed by atoms with Crippen LogP contribution in [0.4, 0.5) is 0 Å². The molecule has 19 heavy (non-hydrogen) atoms. The molecule has 0 aromatic heterocycles. The van der Waals surface area contributed by atoms with Crippen molar-refractivity contribution in [2.75, 3.05) is 0 Å². The van der Waals surface area contributed by atoms with Crippen molar-refractivity contribution in [3.63, 3.8) is 0 Å². The van der Waals surface area contributed by atoms with E-state index in [0.717, 1.165) is 11.1 Å². The van der Waals surface area contributed by atoms with E-state index in [9.17, 15) is 5.11 Å². The molecule has 0 fully saturated rings. The molecule has 3 rings (SSSR count). The second-order valence-electron chi connectivity index (χ2n) is 4.54. The summed E-state index contributed by atoms with van der Waals surface area (Å²) in [6.45, 7) is 0. The van der Waals surface area contributed by atoms with E-state index in [1.807, 2.05) is 36.4 Å². The van der Waals surface area contributed by atoms with Crippen molar-refractivity contribution in [2.45, 2.75) is 18.6 Å². The third-order valence-electron chi connectivity index (χ3n) is 3.31. The van der Waals surface area contributed by atoms with Gasteiger partial charge in [-0.3, -0.25) is 0 Å². The number of rotatable bonds is 1. The number of hydrogen-bond acceptors (Lipinski definition) is 2. The predicted octanol–water partition coefficient (Wildman–Crippen LogP) is 4.55. The third kappa shape index (κ3) is 2.32. The molecule has 0 bridgehead atoms. The van der Waals surface area contributed by atoms with Crippen molar-refractivity contribution in [2.24, 2.45) is 0 Å². The number of ether oxygens (including phenoxy) is 1. The van der Waals surface area contributed by atoms with Crippen LogP contribution in [0, 0.1) is 0 Å². The zero-order chi connectivity index (χ0) is 13.4. The highest BCUT2D eigenvalue weighted by atomic mass is 35.5. The molecule has 1 N–H and O–H groups in total. The van der Waals surface area contributed by atoms with Gasteiger partial charge in [-0.1, -0.05) is 53.5 Å². The van der Waals surface area contributed by atoms with Gasteiger partial charge in [-0.05, 0) is 12.1 Å². The fourth-order valence-electron chi connectivity index (χ4n) is 2.35. The summed E-state index contributed by atoms with van der Waals surface area (Å²) in [5.41, 5.74) is 1.62. The average Bonchev–Trinajstić information content (AvgIpc) is 2.42. The van der Waals surface area contributed by atoms with Crippen LogP contribution in [-0.2, 0) is 0 Å². The third-order valence-corrected chi connectivity index (χ3v) is 4.15. The Balaban J connectivity index is 1.99. The Labute approximate surface area is 121 Å². The van der Waals surface area contributed by atoms with E-state index in [2.05, 4.69) is 0 Å². The summed E-state index contributed by atoms with van der Waals surface area (Å²) < 4.78 is 5.92. The highest BCUT2D eigenvalue weighted by molar-refractivity contribution is 6.42. The molecule has 2 aromatic rings. The van der Waals surface area contributed by atoms with E-state index < -0.39 is 6.10 Å². The van der Waals surface area contributed by atoms with Crippen LogP contribution in [-0.4, -0.2) is 5.11 Å². The van der Waals surface area contributed by atoms with E-state index in [1.165, 1.54) is 0 Å². The van der Waals surface area contributed by atoms with Crippen LogP contribution in [0.1, 0.15) is 29.8 Å². The molecule has 0 amide bonds. The monoisotopic (exact) mass is 294 g/mol. The maximum atomic E-state index is 10.2. The van der Waals surface area contributed by atoms with Crippen LogP contribution in [0.15, 0.2) is 42.5 Å². The van der Waals surface area contributed by atoms with Gasteiger partial charge >= 0.3 is 0 Å². The molecule has 0 spiro atoms. The SMILES string of the molecule is O[C@H]1CC(c2cccc(Cl)c2Cl)Oc2ccccc21. The molecule has 0 aliphatic carbocycles. The van der Waals surface area contributed by atoms with Crippen LogP contribution in [0.25, 0.3) is 0 Å². The lowest BCUT2D eigenvalue weighted by molar-refractivity contribution is 0.0658. The minimum Gasteiger partial charge on any atom is -0.485 e. The number of fused-ring (bicyclic) bond motifs is 1. The quantitative estimate of drug-likeness (QED) is 0.836. The van der Waals surface area contributed by atoms with Gasteiger partial charge in [0.05, 0.1) is 16.1 Å². The van der Waals surface area contributed by atoms with Crippen molar-refractivity contribution >= 4 is 23.2 Å². The first kappa shape index (κ1) is 12.8. The number of aliphatic hydroxyl groups excluding tert-OH is 1. The van der Waals surface area contributed by atoms with Crippen molar-refractivity contribution in [3.05, 3.63) is 63.6 Å². The topological polar surface area (TPSA) is 29.5 Å². The molecule has 2 aromatic carbocycles. The van der Waals surface area contributed by atoms with Crippen LogP contribution < -0.4 is 4.74 Å². The molecule has 4 heteroatoms. The molecule has 1 heterocycles. The van der Waals surface area contributed by atoms with Gasteiger partial charge in [0.1, 0.15) is 11.9 Å². The lowest BCUT2D eigenvalue weighted by Crippen LogP contribution is -2.19.